The zero-order valence-corrected chi connectivity index (χ0v) is 17.8. The fourth-order valence-corrected chi connectivity index (χ4v) is 5.67. The van der Waals surface area contributed by atoms with Crippen LogP contribution in [-0.4, -0.2) is 21.6 Å². The number of aromatic amines is 1. The van der Waals surface area contributed by atoms with Gasteiger partial charge in [0.05, 0.1) is 16.9 Å². The molecule has 0 spiro atoms. The van der Waals surface area contributed by atoms with Crippen LogP contribution in [-0.2, 0) is 23.4 Å². The molecule has 8 heteroatoms. The maximum Gasteiger partial charge on any atom is 0.259 e. The van der Waals surface area contributed by atoms with Crippen molar-refractivity contribution in [3.63, 3.8) is 0 Å². The summed E-state index contributed by atoms with van der Waals surface area (Å²) < 4.78 is 0. The molecule has 2 N–H and O–H groups in total. The molecule has 0 saturated carbocycles. The van der Waals surface area contributed by atoms with Gasteiger partial charge in [-0.2, -0.15) is 0 Å². The molecule has 0 fully saturated rings. The van der Waals surface area contributed by atoms with E-state index in [1.54, 1.807) is 23.5 Å². The highest BCUT2D eigenvalue weighted by atomic mass is 35.5. The first-order valence-electron chi connectivity index (χ1n) is 9.18. The van der Waals surface area contributed by atoms with Crippen molar-refractivity contribution in [2.45, 2.75) is 38.4 Å². The summed E-state index contributed by atoms with van der Waals surface area (Å²) in [5.41, 5.74) is 2.81. The van der Waals surface area contributed by atoms with Crippen molar-refractivity contribution in [2.75, 3.05) is 11.1 Å². The van der Waals surface area contributed by atoms with Gasteiger partial charge in [-0.25, -0.2) is 4.98 Å². The van der Waals surface area contributed by atoms with Crippen molar-refractivity contribution in [3.05, 3.63) is 55.4 Å². The van der Waals surface area contributed by atoms with Crippen LogP contribution in [0.25, 0.3) is 10.2 Å². The molecule has 1 amide bonds. The van der Waals surface area contributed by atoms with Crippen LogP contribution in [0.2, 0.25) is 5.02 Å². The van der Waals surface area contributed by atoms with Crippen LogP contribution in [0, 0.1) is 6.92 Å². The Labute approximate surface area is 175 Å². The molecule has 146 valence electrons. The number of rotatable bonds is 5. The molecule has 0 atom stereocenters. The number of benzene rings is 1. The molecule has 0 radical (unpaired) electrons. The first-order chi connectivity index (χ1) is 13.5. The minimum Gasteiger partial charge on any atom is -0.325 e. The highest BCUT2D eigenvalue weighted by molar-refractivity contribution is 7.99. The van der Waals surface area contributed by atoms with Crippen LogP contribution in [0.4, 0.5) is 5.69 Å². The van der Waals surface area contributed by atoms with Gasteiger partial charge in [0.1, 0.15) is 10.7 Å². The lowest BCUT2D eigenvalue weighted by Crippen LogP contribution is -2.16. The van der Waals surface area contributed by atoms with Crippen LogP contribution in [0.15, 0.2) is 23.0 Å². The number of amides is 1. The van der Waals surface area contributed by atoms with E-state index < -0.39 is 0 Å². The molecular weight excluding hydrogens is 414 g/mol. The third-order valence-corrected chi connectivity index (χ3v) is 7.17. The SMILES string of the molecule is Cc1cc(Cl)ccc1NC(=O)CSCc1nc2sc3c(c2c(=O)[nH]1)CCCC3. The Balaban J connectivity index is 1.40. The van der Waals surface area contributed by atoms with E-state index in [0.29, 0.717) is 16.6 Å². The van der Waals surface area contributed by atoms with E-state index in [4.69, 9.17) is 11.6 Å². The number of aryl methyl sites for hydroxylation is 3. The Morgan fingerprint density at radius 3 is 3.00 bits per heavy atom. The molecule has 1 aliphatic rings. The third-order valence-electron chi connectivity index (χ3n) is 4.81. The predicted molar refractivity (Wildman–Crippen MR) is 118 cm³/mol. The largest absolute Gasteiger partial charge is 0.325 e. The van der Waals surface area contributed by atoms with Gasteiger partial charge in [0.25, 0.3) is 5.56 Å². The van der Waals surface area contributed by atoms with E-state index in [1.165, 1.54) is 28.6 Å². The van der Waals surface area contributed by atoms with E-state index in [-0.39, 0.29) is 17.2 Å². The van der Waals surface area contributed by atoms with Gasteiger partial charge in [0.2, 0.25) is 5.91 Å². The Morgan fingerprint density at radius 1 is 1.36 bits per heavy atom. The number of carbonyl (C=O) groups excluding carboxylic acids is 1. The average Bonchev–Trinajstić information content (AvgIpc) is 3.03. The molecule has 0 unspecified atom stereocenters. The molecular formula is C20H20ClN3O2S2. The minimum atomic E-state index is -0.0922. The van der Waals surface area contributed by atoms with E-state index in [9.17, 15) is 9.59 Å². The number of thioether (sulfide) groups is 1. The Hall–Kier alpha value is -1.83. The highest BCUT2D eigenvalue weighted by Gasteiger charge is 2.19. The fourth-order valence-electron chi connectivity index (χ4n) is 3.47. The second kappa shape index (κ2) is 8.27. The smallest absolute Gasteiger partial charge is 0.259 e. The van der Waals surface area contributed by atoms with E-state index >= 15 is 0 Å². The summed E-state index contributed by atoms with van der Waals surface area (Å²) >= 11 is 9.01. The second-order valence-electron chi connectivity index (χ2n) is 6.90. The quantitative estimate of drug-likeness (QED) is 0.611. The molecule has 28 heavy (non-hydrogen) atoms. The van der Waals surface area contributed by atoms with Gasteiger partial charge >= 0.3 is 0 Å². The number of hydrogen-bond acceptors (Lipinski definition) is 5. The number of halogens is 1. The van der Waals surface area contributed by atoms with Crippen molar-refractivity contribution in [2.24, 2.45) is 0 Å². The van der Waals surface area contributed by atoms with Gasteiger partial charge < -0.3 is 10.3 Å². The maximum atomic E-state index is 12.5. The molecule has 5 nitrogen and oxygen atoms in total. The number of thiophene rings is 1. The summed E-state index contributed by atoms with van der Waals surface area (Å²) in [5, 5.41) is 4.30. The molecule has 2 heterocycles. The average molecular weight is 434 g/mol. The lowest BCUT2D eigenvalue weighted by molar-refractivity contribution is -0.113. The highest BCUT2D eigenvalue weighted by Crippen LogP contribution is 2.33. The van der Waals surface area contributed by atoms with Crippen LogP contribution < -0.4 is 10.9 Å². The summed E-state index contributed by atoms with van der Waals surface area (Å²) in [7, 11) is 0. The van der Waals surface area contributed by atoms with Crippen LogP contribution >= 0.6 is 34.7 Å². The number of H-pyrrole nitrogens is 1. The molecule has 0 aliphatic heterocycles. The molecule has 0 bridgehead atoms. The summed E-state index contributed by atoms with van der Waals surface area (Å²) in [6.45, 7) is 1.90. The van der Waals surface area contributed by atoms with Gasteiger partial charge in [0.15, 0.2) is 0 Å². The summed E-state index contributed by atoms with van der Waals surface area (Å²) in [4.78, 5) is 34.4. The topological polar surface area (TPSA) is 74.8 Å². The monoisotopic (exact) mass is 433 g/mol. The predicted octanol–water partition coefficient (Wildman–Crippen LogP) is 4.70. The van der Waals surface area contributed by atoms with Gasteiger partial charge in [-0.1, -0.05) is 11.6 Å². The van der Waals surface area contributed by atoms with Gasteiger partial charge in [-0.05, 0) is 61.9 Å². The fraction of sp³-hybridized carbons (Fsp3) is 0.350. The normalized spacial score (nSPS) is 13.5. The van der Waals surface area contributed by atoms with E-state index in [2.05, 4.69) is 15.3 Å². The molecule has 3 aromatic rings. The van der Waals surface area contributed by atoms with Gasteiger partial charge in [0, 0.05) is 15.6 Å². The first kappa shape index (κ1) is 19.5. The first-order valence-corrected chi connectivity index (χ1v) is 11.5. The van der Waals surface area contributed by atoms with Crippen molar-refractivity contribution in [3.8, 4) is 0 Å². The lowest BCUT2D eigenvalue weighted by atomic mass is 9.97. The van der Waals surface area contributed by atoms with Gasteiger partial charge in [-0.15, -0.1) is 23.1 Å². The number of aromatic nitrogens is 2. The van der Waals surface area contributed by atoms with Crippen molar-refractivity contribution in [1.82, 2.24) is 9.97 Å². The summed E-state index contributed by atoms with van der Waals surface area (Å²) in [5.74, 6) is 1.30. The summed E-state index contributed by atoms with van der Waals surface area (Å²) in [6, 6.07) is 5.36. The lowest BCUT2D eigenvalue weighted by Gasteiger charge is -2.09. The standard InChI is InChI=1S/C20H20ClN3O2S2/c1-11-8-12(21)6-7-14(11)22-17(25)10-27-9-16-23-19(26)18-13-4-2-3-5-15(13)28-20(18)24-16/h6-8H,2-5,9-10H2,1H3,(H,22,25)(H,23,24,26). The van der Waals surface area contributed by atoms with Crippen LogP contribution in [0.1, 0.15) is 34.7 Å². The maximum absolute atomic E-state index is 12.5. The Morgan fingerprint density at radius 2 is 2.18 bits per heavy atom. The third kappa shape index (κ3) is 4.11. The van der Waals surface area contributed by atoms with Crippen molar-refractivity contribution >= 4 is 56.5 Å². The van der Waals surface area contributed by atoms with Crippen LogP contribution in [0.5, 0.6) is 0 Å². The zero-order chi connectivity index (χ0) is 19.7. The molecule has 1 aliphatic carbocycles. The number of nitrogens with one attached hydrogen (secondary N) is 2. The number of hydrogen-bond donors (Lipinski definition) is 2. The van der Waals surface area contributed by atoms with Crippen LogP contribution in [0.3, 0.4) is 0 Å². The molecule has 4 rings (SSSR count). The van der Waals surface area contributed by atoms with E-state index in [1.807, 2.05) is 13.0 Å². The van der Waals surface area contributed by atoms with Gasteiger partial charge in [-0.3, -0.25) is 9.59 Å². The Kier molecular flexibility index (Phi) is 5.75. The molecule has 2 aromatic heterocycles. The zero-order valence-electron chi connectivity index (χ0n) is 15.4. The summed E-state index contributed by atoms with van der Waals surface area (Å²) in [6.07, 6.45) is 4.34. The number of anilines is 1. The van der Waals surface area contributed by atoms with Crippen molar-refractivity contribution < 1.29 is 4.79 Å². The second-order valence-corrected chi connectivity index (χ2v) is 9.41. The number of carbonyl (C=O) groups is 1. The number of nitrogens with zero attached hydrogens (tertiary/aromatic N) is 1. The van der Waals surface area contributed by atoms with E-state index in [0.717, 1.165) is 40.7 Å². The molecule has 1 aromatic carbocycles. The minimum absolute atomic E-state index is 0.0544. The number of fused-ring (bicyclic) bond motifs is 3. The Bertz CT molecular complexity index is 1110. The molecule has 0 saturated heterocycles. The van der Waals surface area contributed by atoms with Crippen molar-refractivity contribution in [1.29, 1.82) is 0 Å².